The normalized spacial score (nSPS) is 27.6. The van der Waals surface area contributed by atoms with E-state index in [0.29, 0.717) is 11.9 Å². The molecule has 1 saturated heterocycles. The fourth-order valence-electron chi connectivity index (χ4n) is 1.96. The lowest BCUT2D eigenvalue weighted by molar-refractivity contribution is -0.156. The molecule has 1 aromatic rings. The van der Waals surface area contributed by atoms with Gasteiger partial charge in [0, 0.05) is 11.4 Å². The van der Waals surface area contributed by atoms with Crippen LogP contribution in [0.5, 0.6) is 0 Å². The number of hydrogen-bond donors (Lipinski definition) is 1. The van der Waals surface area contributed by atoms with E-state index in [4.69, 9.17) is 26.2 Å². The first-order valence-corrected chi connectivity index (χ1v) is 7.40. The van der Waals surface area contributed by atoms with E-state index in [1.165, 1.54) is 5.56 Å². The van der Waals surface area contributed by atoms with E-state index < -0.39 is 5.79 Å². The van der Waals surface area contributed by atoms with Crippen LogP contribution in [-0.2, 0) is 15.9 Å². The van der Waals surface area contributed by atoms with Crippen molar-refractivity contribution in [1.29, 1.82) is 0 Å². The molecule has 2 rings (SSSR count). The van der Waals surface area contributed by atoms with Crippen molar-refractivity contribution >= 4 is 27.5 Å². The first kappa shape index (κ1) is 14.3. The molecule has 2 atom stereocenters. The second kappa shape index (κ2) is 6.35. The van der Waals surface area contributed by atoms with Gasteiger partial charge in [0.2, 0.25) is 0 Å². The molecular weight excluding hydrogens is 319 g/mol. The lowest BCUT2D eigenvalue weighted by Gasteiger charge is -2.25. The standard InChI is InChI=1S/C13H16BrClO3/c14-9-13(17-8-12(7-16)18-13)6-5-10-1-3-11(15)4-2-10/h1-4,12,16H,5-9H2/t12-,13-/m1/s1. The zero-order valence-corrected chi connectivity index (χ0v) is 12.3. The zero-order chi connectivity index (χ0) is 13.0. The second-order valence-electron chi connectivity index (χ2n) is 4.40. The molecule has 0 saturated carbocycles. The van der Waals surface area contributed by atoms with E-state index in [-0.39, 0.29) is 12.7 Å². The fraction of sp³-hybridized carbons (Fsp3) is 0.538. The molecule has 18 heavy (non-hydrogen) atoms. The molecule has 1 N–H and O–H groups in total. The monoisotopic (exact) mass is 334 g/mol. The molecule has 1 fully saturated rings. The molecule has 5 heteroatoms. The van der Waals surface area contributed by atoms with Gasteiger partial charge >= 0.3 is 0 Å². The van der Waals surface area contributed by atoms with Gasteiger partial charge in [0.05, 0.1) is 18.5 Å². The van der Waals surface area contributed by atoms with Gasteiger partial charge in [-0.2, -0.15) is 0 Å². The van der Waals surface area contributed by atoms with Gasteiger partial charge in [-0.25, -0.2) is 0 Å². The molecule has 3 nitrogen and oxygen atoms in total. The quantitative estimate of drug-likeness (QED) is 0.841. The van der Waals surface area contributed by atoms with Crippen LogP contribution in [0.1, 0.15) is 12.0 Å². The third-order valence-corrected chi connectivity index (χ3v) is 4.14. The first-order valence-electron chi connectivity index (χ1n) is 5.90. The van der Waals surface area contributed by atoms with Gasteiger partial charge in [-0.1, -0.05) is 39.7 Å². The minimum atomic E-state index is -0.618. The molecule has 1 aromatic carbocycles. The number of aliphatic hydroxyl groups is 1. The Hall–Kier alpha value is -0.130. The van der Waals surface area contributed by atoms with E-state index in [0.717, 1.165) is 17.9 Å². The molecule has 0 amide bonds. The third kappa shape index (κ3) is 3.45. The Labute approximate surface area is 120 Å². The van der Waals surface area contributed by atoms with Crippen molar-refractivity contribution in [3.8, 4) is 0 Å². The van der Waals surface area contributed by atoms with Crippen molar-refractivity contribution in [2.24, 2.45) is 0 Å². The Balaban J connectivity index is 1.93. The summed E-state index contributed by atoms with van der Waals surface area (Å²) in [5.74, 6) is -0.618. The van der Waals surface area contributed by atoms with E-state index in [1.807, 2.05) is 24.3 Å². The molecule has 0 aliphatic carbocycles. The molecule has 0 radical (unpaired) electrons. The Kier molecular flexibility index (Phi) is 5.04. The van der Waals surface area contributed by atoms with Gasteiger partial charge < -0.3 is 14.6 Å². The maximum absolute atomic E-state index is 9.07. The van der Waals surface area contributed by atoms with Crippen LogP contribution in [0.15, 0.2) is 24.3 Å². The van der Waals surface area contributed by atoms with Gasteiger partial charge in [0.15, 0.2) is 5.79 Å². The highest BCUT2D eigenvalue weighted by Crippen LogP contribution is 2.30. The maximum Gasteiger partial charge on any atom is 0.178 e. The van der Waals surface area contributed by atoms with Crippen LogP contribution in [-0.4, -0.2) is 35.5 Å². The minimum absolute atomic E-state index is 0.00427. The number of hydrogen-bond acceptors (Lipinski definition) is 3. The lowest BCUT2D eigenvalue weighted by atomic mass is 10.1. The molecule has 1 aliphatic rings. The molecule has 0 spiro atoms. The summed E-state index contributed by atoms with van der Waals surface area (Å²) in [7, 11) is 0. The Morgan fingerprint density at radius 1 is 1.39 bits per heavy atom. The zero-order valence-electron chi connectivity index (χ0n) is 9.94. The smallest absolute Gasteiger partial charge is 0.178 e. The summed E-state index contributed by atoms with van der Waals surface area (Å²) >= 11 is 9.27. The number of ether oxygens (including phenoxy) is 2. The molecule has 0 aromatic heterocycles. The van der Waals surface area contributed by atoms with Crippen molar-refractivity contribution < 1.29 is 14.6 Å². The summed E-state index contributed by atoms with van der Waals surface area (Å²) in [6, 6.07) is 7.76. The Morgan fingerprint density at radius 2 is 2.11 bits per heavy atom. The van der Waals surface area contributed by atoms with E-state index in [9.17, 15) is 0 Å². The van der Waals surface area contributed by atoms with Crippen LogP contribution < -0.4 is 0 Å². The highest BCUT2D eigenvalue weighted by molar-refractivity contribution is 9.09. The van der Waals surface area contributed by atoms with Gasteiger partial charge in [0.1, 0.15) is 6.10 Å². The molecule has 0 bridgehead atoms. The van der Waals surface area contributed by atoms with Crippen molar-refractivity contribution in [3.63, 3.8) is 0 Å². The molecule has 1 heterocycles. The van der Waals surface area contributed by atoms with Crippen LogP contribution in [0, 0.1) is 0 Å². The van der Waals surface area contributed by atoms with Crippen molar-refractivity contribution in [3.05, 3.63) is 34.9 Å². The number of aliphatic hydroxyl groups excluding tert-OH is 1. The van der Waals surface area contributed by atoms with Crippen LogP contribution in [0.4, 0.5) is 0 Å². The van der Waals surface area contributed by atoms with Gasteiger partial charge in [-0.15, -0.1) is 0 Å². The second-order valence-corrected chi connectivity index (χ2v) is 5.40. The summed E-state index contributed by atoms with van der Waals surface area (Å²) in [6.45, 7) is 0.443. The maximum atomic E-state index is 9.07. The number of aryl methyl sites for hydroxylation is 1. The summed E-state index contributed by atoms with van der Waals surface area (Å²) in [6.07, 6.45) is 1.38. The first-order chi connectivity index (χ1) is 8.67. The largest absolute Gasteiger partial charge is 0.394 e. The van der Waals surface area contributed by atoms with Crippen LogP contribution in [0.3, 0.4) is 0 Å². The predicted molar refractivity (Wildman–Crippen MR) is 74.2 cm³/mol. The number of benzene rings is 1. The van der Waals surface area contributed by atoms with Crippen molar-refractivity contribution in [2.75, 3.05) is 18.5 Å². The van der Waals surface area contributed by atoms with Gasteiger partial charge in [-0.05, 0) is 24.1 Å². The molecular formula is C13H16BrClO3. The lowest BCUT2D eigenvalue weighted by Crippen LogP contribution is -2.34. The third-order valence-electron chi connectivity index (χ3n) is 3.03. The average molecular weight is 336 g/mol. The van der Waals surface area contributed by atoms with Crippen molar-refractivity contribution in [1.82, 2.24) is 0 Å². The molecule has 0 unspecified atom stereocenters. The highest BCUT2D eigenvalue weighted by Gasteiger charge is 2.39. The predicted octanol–water partition coefficient (Wildman–Crippen LogP) is 2.77. The summed E-state index contributed by atoms with van der Waals surface area (Å²) < 4.78 is 11.4. The van der Waals surface area contributed by atoms with E-state index in [1.54, 1.807) is 0 Å². The Morgan fingerprint density at radius 3 is 2.67 bits per heavy atom. The summed E-state index contributed by atoms with van der Waals surface area (Å²) in [5.41, 5.74) is 1.19. The minimum Gasteiger partial charge on any atom is -0.394 e. The topological polar surface area (TPSA) is 38.7 Å². The number of rotatable bonds is 5. The van der Waals surface area contributed by atoms with Crippen LogP contribution in [0.25, 0.3) is 0 Å². The SMILES string of the molecule is OC[C@@H]1CO[C@](CBr)(CCc2ccc(Cl)cc2)O1. The van der Waals surface area contributed by atoms with E-state index >= 15 is 0 Å². The van der Waals surface area contributed by atoms with Crippen molar-refractivity contribution in [2.45, 2.75) is 24.7 Å². The number of halogens is 2. The van der Waals surface area contributed by atoms with Crippen LogP contribution >= 0.6 is 27.5 Å². The van der Waals surface area contributed by atoms with Crippen LogP contribution in [0.2, 0.25) is 5.02 Å². The highest BCUT2D eigenvalue weighted by atomic mass is 79.9. The fourth-order valence-corrected chi connectivity index (χ4v) is 2.66. The molecule has 100 valence electrons. The van der Waals surface area contributed by atoms with Gasteiger partial charge in [-0.3, -0.25) is 0 Å². The molecule has 1 aliphatic heterocycles. The average Bonchev–Trinajstić information content (AvgIpc) is 2.83. The summed E-state index contributed by atoms with van der Waals surface area (Å²) in [5, 5.41) is 10.4. The van der Waals surface area contributed by atoms with E-state index in [2.05, 4.69) is 15.9 Å². The Bertz CT molecular complexity index is 384. The summed E-state index contributed by atoms with van der Waals surface area (Å²) in [4.78, 5) is 0. The van der Waals surface area contributed by atoms with Gasteiger partial charge in [0.25, 0.3) is 0 Å². The number of alkyl halides is 1.